The van der Waals surface area contributed by atoms with E-state index in [1.54, 1.807) is 0 Å². The van der Waals surface area contributed by atoms with E-state index in [1.807, 2.05) is 55.6 Å². The smallest absolute Gasteiger partial charge is 0.171 e. The van der Waals surface area contributed by atoms with Crippen LogP contribution in [0.25, 0.3) is 33.4 Å². The normalized spacial score (nSPS) is 17.1. The van der Waals surface area contributed by atoms with E-state index in [-0.39, 0.29) is 0 Å². The molecule has 9 nitrogen and oxygen atoms in total. The number of nitrogen functional groups attached to an aromatic ring is 1. The van der Waals surface area contributed by atoms with Crippen LogP contribution in [0, 0.1) is 0 Å². The lowest BCUT2D eigenvalue weighted by Gasteiger charge is -2.38. The maximum Gasteiger partial charge on any atom is 0.171 e. The van der Waals surface area contributed by atoms with Gasteiger partial charge in [0.05, 0.1) is 30.9 Å². The Hall–Kier alpha value is -3.82. The molecule has 2 aliphatic rings. The minimum absolute atomic E-state index is 0.381. The van der Waals surface area contributed by atoms with Crippen LogP contribution in [0.4, 0.5) is 11.6 Å². The Kier molecular flexibility index (Phi) is 5.86. The first-order valence-electron chi connectivity index (χ1n) is 12.3. The zero-order valence-corrected chi connectivity index (χ0v) is 20.2. The van der Waals surface area contributed by atoms with Gasteiger partial charge in [-0.3, -0.25) is 0 Å². The topological polar surface area (TPSA) is 109 Å². The van der Waals surface area contributed by atoms with Crippen molar-refractivity contribution in [2.45, 2.75) is 25.6 Å². The first-order chi connectivity index (χ1) is 17.7. The van der Waals surface area contributed by atoms with E-state index in [4.69, 9.17) is 29.9 Å². The Bertz CT molecular complexity index is 1380. The third-order valence-electron chi connectivity index (χ3n) is 6.82. The molecule has 6 rings (SSSR count). The Labute approximate surface area is 209 Å². The molecule has 184 valence electrons. The molecule has 36 heavy (non-hydrogen) atoms. The van der Waals surface area contributed by atoms with E-state index >= 15 is 0 Å². The molecule has 3 aromatic heterocycles. The molecule has 0 unspecified atom stereocenters. The zero-order chi connectivity index (χ0) is 24.5. The highest BCUT2D eigenvalue weighted by molar-refractivity contribution is 6.02. The second-order valence-corrected chi connectivity index (χ2v) is 8.94. The number of fused-ring (bicyclic) bond motifs is 1. The van der Waals surface area contributed by atoms with E-state index in [0.717, 1.165) is 59.9 Å². The molecule has 0 amide bonds. The van der Waals surface area contributed by atoms with Gasteiger partial charge in [0.15, 0.2) is 11.4 Å². The lowest BCUT2D eigenvalue weighted by atomic mass is 9.99. The number of nitrogens with zero attached hydrogens (tertiary/aromatic N) is 5. The fraction of sp³-hybridized carbons (Fsp3) is 0.333. The largest absolute Gasteiger partial charge is 0.493 e. The number of rotatable bonds is 5. The molecule has 5 heterocycles. The van der Waals surface area contributed by atoms with Gasteiger partial charge in [0.25, 0.3) is 0 Å². The van der Waals surface area contributed by atoms with Crippen LogP contribution >= 0.6 is 0 Å². The van der Waals surface area contributed by atoms with Crippen LogP contribution in [-0.4, -0.2) is 58.6 Å². The van der Waals surface area contributed by atoms with Crippen LogP contribution < -0.4 is 15.4 Å². The standard InChI is InChI=1S/C27H28N6O3/c1-2-34-22-6-4-3-5-19(22)20-15-21(32-26-24(20)25(28)30-17-31-26)18-7-8-23(29-16-18)33-11-9-27(10-12-33)35-13-14-36-27/h3-8,15-17H,2,9-14H2,1H3,(H2,28,30,31,32). The molecule has 4 aromatic rings. The Morgan fingerprint density at radius 1 is 1.00 bits per heavy atom. The number of pyridine rings is 2. The molecule has 0 saturated carbocycles. The number of hydrogen-bond donors (Lipinski definition) is 1. The fourth-order valence-electron chi connectivity index (χ4n) is 5.01. The number of nitrogens with two attached hydrogens (primary N) is 1. The molecule has 0 aliphatic carbocycles. The first kappa shape index (κ1) is 22.6. The predicted octanol–water partition coefficient (Wildman–Crippen LogP) is 4.08. The van der Waals surface area contributed by atoms with Gasteiger partial charge in [-0.25, -0.2) is 19.9 Å². The Balaban J connectivity index is 1.35. The summed E-state index contributed by atoms with van der Waals surface area (Å²) in [6.07, 6.45) is 4.98. The van der Waals surface area contributed by atoms with E-state index in [9.17, 15) is 0 Å². The Morgan fingerprint density at radius 2 is 1.81 bits per heavy atom. The van der Waals surface area contributed by atoms with Crippen LogP contribution in [0.1, 0.15) is 19.8 Å². The van der Waals surface area contributed by atoms with Gasteiger partial charge in [-0.2, -0.15) is 0 Å². The van der Waals surface area contributed by atoms with Gasteiger partial charge in [0.1, 0.15) is 23.7 Å². The maximum atomic E-state index is 6.29. The molecule has 9 heteroatoms. The summed E-state index contributed by atoms with van der Waals surface area (Å²) in [5.74, 6) is 1.68. The molecular formula is C27H28N6O3. The molecular weight excluding hydrogens is 456 g/mol. The third kappa shape index (κ3) is 4.10. The lowest BCUT2D eigenvalue weighted by Crippen LogP contribution is -2.45. The summed E-state index contributed by atoms with van der Waals surface area (Å²) in [4.78, 5) is 20.5. The van der Waals surface area contributed by atoms with Crippen molar-refractivity contribution in [3.8, 4) is 28.1 Å². The molecule has 1 aromatic carbocycles. The minimum atomic E-state index is -0.399. The average Bonchev–Trinajstić information content (AvgIpc) is 3.37. The van der Waals surface area contributed by atoms with Gasteiger partial charge in [0.2, 0.25) is 0 Å². The van der Waals surface area contributed by atoms with Crippen LogP contribution in [-0.2, 0) is 9.47 Å². The van der Waals surface area contributed by atoms with Crippen molar-refractivity contribution in [2.24, 2.45) is 0 Å². The van der Waals surface area contributed by atoms with Crippen molar-refractivity contribution in [2.75, 3.05) is 43.5 Å². The highest BCUT2D eigenvalue weighted by Gasteiger charge is 2.40. The van der Waals surface area contributed by atoms with E-state index in [2.05, 4.69) is 14.9 Å². The molecule has 2 fully saturated rings. The second-order valence-electron chi connectivity index (χ2n) is 8.94. The quantitative estimate of drug-likeness (QED) is 0.448. The minimum Gasteiger partial charge on any atom is -0.493 e. The molecule has 0 radical (unpaired) electrons. The summed E-state index contributed by atoms with van der Waals surface area (Å²) in [5.41, 5.74) is 10.3. The lowest BCUT2D eigenvalue weighted by molar-refractivity contribution is -0.169. The fourth-order valence-corrected chi connectivity index (χ4v) is 5.01. The number of para-hydroxylation sites is 1. The van der Waals surface area contributed by atoms with E-state index in [1.165, 1.54) is 6.33 Å². The summed E-state index contributed by atoms with van der Waals surface area (Å²) >= 11 is 0. The molecule has 2 aliphatic heterocycles. The number of hydrogen-bond acceptors (Lipinski definition) is 9. The van der Waals surface area contributed by atoms with Gasteiger partial charge in [-0.05, 0) is 31.2 Å². The van der Waals surface area contributed by atoms with Crippen LogP contribution in [0.5, 0.6) is 5.75 Å². The van der Waals surface area contributed by atoms with Crippen LogP contribution in [0.2, 0.25) is 0 Å². The summed E-state index contributed by atoms with van der Waals surface area (Å²) in [6, 6.07) is 14.0. The van der Waals surface area contributed by atoms with E-state index in [0.29, 0.717) is 36.7 Å². The molecule has 2 saturated heterocycles. The number of ether oxygens (including phenoxy) is 3. The van der Waals surface area contributed by atoms with Crippen molar-refractivity contribution in [3.63, 3.8) is 0 Å². The predicted molar refractivity (Wildman–Crippen MR) is 138 cm³/mol. The molecule has 0 atom stereocenters. The second kappa shape index (κ2) is 9.33. The zero-order valence-electron chi connectivity index (χ0n) is 20.2. The monoisotopic (exact) mass is 484 g/mol. The number of benzene rings is 1. The van der Waals surface area contributed by atoms with E-state index < -0.39 is 5.79 Å². The highest BCUT2D eigenvalue weighted by atomic mass is 16.7. The third-order valence-corrected chi connectivity index (χ3v) is 6.82. The van der Waals surface area contributed by atoms with Gasteiger partial charge in [-0.15, -0.1) is 0 Å². The summed E-state index contributed by atoms with van der Waals surface area (Å²) in [6.45, 7) is 5.57. The molecule has 1 spiro atoms. The number of aromatic nitrogens is 4. The number of piperidine rings is 1. The van der Waals surface area contributed by atoms with Gasteiger partial charge in [-0.1, -0.05) is 18.2 Å². The van der Waals surface area contributed by atoms with Gasteiger partial charge in [0, 0.05) is 48.8 Å². The van der Waals surface area contributed by atoms with Crippen molar-refractivity contribution < 1.29 is 14.2 Å². The van der Waals surface area contributed by atoms with Gasteiger partial charge >= 0.3 is 0 Å². The van der Waals surface area contributed by atoms with Crippen molar-refractivity contribution in [1.29, 1.82) is 0 Å². The first-order valence-corrected chi connectivity index (χ1v) is 12.3. The maximum absolute atomic E-state index is 6.29. The summed E-state index contributed by atoms with van der Waals surface area (Å²) in [7, 11) is 0. The average molecular weight is 485 g/mol. The van der Waals surface area contributed by atoms with Crippen LogP contribution in [0.3, 0.4) is 0 Å². The highest BCUT2D eigenvalue weighted by Crippen LogP contribution is 2.38. The molecule has 2 N–H and O–H groups in total. The summed E-state index contributed by atoms with van der Waals surface area (Å²) < 4.78 is 17.6. The van der Waals surface area contributed by atoms with Crippen molar-refractivity contribution >= 4 is 22.7 Å². The Morgan fingerprint density at radius 3 is 2.56 bits per heavy atom. The van der Waals surface area contributed by atoms with Crippen molar-refractivity contribution in [3.05, 3.63) is 55.0 Å². The van der Waals surface area contributed by atoms with Crippen molar-refractivity contribution in [1.82, 2.24) is 19.9 Å². The SMILES string of the molecule is CCOc1ccccc1-c1cc(-c2ccc(N3CCC4(CC3)OCCO4)nc2)nc2ncnc(N)c12. The van der Waals surface area contributed by atoms with Gasteiger partial charge < -0.3 is 24.8 Å². The molecule has 0 bridgehead atoms. The van der Waals surface area contributed by atoms with Crippen LogP contribution in [0.15, 0.2) is 55.0 Å². The summed E-state index contributed by atoms with van der Waals surface area (Å²) in [5, 5.41) is 0.705. The number of anilines is 2.